The van der Waals surface area contributed by atoms with Crippen molar-refractivity contribution in [3.63, 3.8) is 0 Å². The molecule has 0 radical (unpaired) electrons. The summed E-state index contributed by atoms with van der Waals surface area (Å²) in [5.41, 5.74) is 2.25. The first-order chi connectivity index (χ1) is 14.8. The van der Waals surface area contributed by atoms with Crippen LogP contribution in [0, 0.1) is 18.6 Å². The fraction of sp³-hybridized carbons (Fsp3) is 0.136. The van der Waals surface area contributed by atoms with E-state index in [-0.39, 0.29) is 5.69 Å². The van der Waals surface area contributed by atoms with Crippen LogP contribution in [-0.4, -0.2) is 28.3 Å². The number of aromatic nitrogens is 2. The molecule has 9 heteroatoms. The Morgan fingerprint density at radius 3 is 2.61 bits per heavy atom. The smallest absolute Gasteiger partial charge is 0.331 e. The van der Waals surface area contributed by atoms with E-state index in [2.05, 4.69) is 10.4 Å². The Hall–Kier alpha value is -3.52. The average Bonchev–Trinajstić information content (AvgIpc) is 3.01. The molecule has 0 saturated carbocycles. The lowest BCUT2D eigenvalue weighted by Gasteiger charge is -2.05. The maximum absolute atomic E-state index is 13.2. The minimum atomic E-state index is -1.10. The van der Waals surface area contributed by atoms with Gasteiger partial charge >= 0.3 is 5.97 Å². The van der Waals surface area contributed by atoms with Crippen LogP contribution in [0.1, 0.15) is 16.8 Å². The Morgan fingerprint density at radius 2 is 1.90 bits per heavy atom. The van der Waals surface area contributed by atoms with Crippen LogP contribution < -0.4 is 5.32 Å². The quantitative estimate of drug-likeness (QED) is 0.433. The Morgan fingerprint density at radius 1 is 1.16 bits per heavy atom. The third kappa shape index (κ3) is 5.99. The molecule has 1 N–H and O–H groups in total. The zero-order valence-corrected chi connectivity index (χ0v) is 17.2. The van der Waals surface area contributed by atoms with Crippen LogP contribution in [0.2, 0.25) is 5.15 Å². The summed E-state index contributed by atoms with van der Waals surface area (Å²) in [4.78, 5) is 23.7. The van der Waals surface area contributed by atoms with Gasteiger partial charge in [-0.15, -0.1) is 0 Å². The van der Waals surface area contributed by atoms with Crippen molar-refractivity contribution in [2.75, 3.05) is 11.9 Å². The molecule has 31 heavy (non-hydrogen) atoms. The summed E-state index contributed by atoms with van der Waals surface area (Å²) in [6.07, 6.45) is 2.59. The highest BCUT2D eigenvalue weighted by molar-refractivity contribution is 6.31. The maximum atomic E-state index is 13.2. The zero-order valence-electron chi connectivity index (χ0n) is 16.4. The van der Waals surface area contributed by atoms with Crippen molar-refractivity contribution in [3.8, 4) is 0 Å². The number of carbonyl (C=O) groups is 2. The number of aryl methyl sites for hydroxylation is 1. The number of anilines is 1. The van der Waals surface area contributed by atoms with Gasteiger partial charge in [-0.25, -0.2) is 18.3 Å². The molecule has 3 rings (SSSR count). The number of hydrogen-bond donors (Lipinski definition) is 1. The second kappa shape index (κ2) is 9.99. The molecule has 0 fully saturated rings. The van der Waals surface area contributed by atoms with Gasteiger partial charge in [0.25, 0.3) is 5.91 Å². The summed E-state index contributed by atoms with van der Waals surface area (Å²) >= 11 is 6.38. The number of esters is 1. The van der Waals surface area contributed by atoms with E-state index in [0.717, 1.165) is 23.8 Å². The first-order valence-corrected chi connectivity index (χ1v) is 9.58. The minimum absolute atomic E-state index is 0.0451. The van der Waals surface area contributed by atoms with Crippen molar-refractivity contribution in [3.05, 3.63) is 88.2 Å². The number of hydrogen-bond acceptors (Lipinski definition) is 4. The number of carbonyl (C=O) groups excluding carboxylic acids is 2. The fourth-order valence-electron chi connectivity index (χ4n) is 2.72. The van der Waals surface area contributed by atoms with Crippen LogP contribution in [0.4, 0.5) is 14.5 Å². The number of benzene rings is 2. The molecular weight excluding hydrogens is 428 g/mol. The number of ether oxygens (including phenoxy) is 1. The van der Waals surface area contributed by atoms with Gasteiger partial charge in [0, 0.05) is 23.4 Å². The van der Waals surface area contributed by atoms with Gasteiger partial charge in [-0.1, -0.05) is 41.9 Å². The van der Waals surface area contributed by atoms with Crippen LogP contribution >= 0.6 is 11.6 Å². The molecule has 0 saturated heterocycles. The molecule has 6 nitrogen and oxygen atoms in total. The summed E-state index contributed by atoms with van der Waals surface area (Å²) in [6.45, 7) is 1.64. The van der Waals surface area contributed by atoms with Gasteiger partial charge in [0.05, 0.1) is 12.2 Å². The maximum Gasteiger partial charge on any atom is 0.331 e. The number of nitrogens with one attached hydrogen (secondary N) is 1. The van der Waals surface area contributed by atoms with Crippen LogP contribution in [-0.2, 0) is 20.9 Å². The molecule has 0 unspecified atom stereocenters. The number of nitrogens with zero attached hydrogens (tertiary/aromatic N) is 2. The standard InChI is InChI=1S/C22H18ClF2N3O3/c1-14-17(22(23)28(27-14)12-15-5-3-2-4-6-15)8-10-21(30)31-13-20(29)26-16-7-9-18(24)19(25)11-16/h2-11H,12-13H2,1H3,(H,26,29)/b10-8+. The molecule has 0 atom stereocenters. The van der Waals surface area contributed by atoms with Gasteiger partial charge in [0.2, 0.25) is 0 Å². The molecule has 3 aromatic rings. The normalized spacial score (nSPS) is 11.0. The monoisotopic (exact) mass is 445 g/mol. The minimum Gasteiger partial charge on any atom is -0.452 e. The molecule has 2 aromatic carbocycles. The van der Waals surface area contributed by atoms with Gasteiger partial charge in [-0.05, 0) is 30.7 Å². The molecule has 1 amide bonds. The summed E-state index contributed by atoms with van der Waals surface area (Å²) < 4.78 is 32.5. The highest BCUT2D eigenvalue weighted by atomic mass is 35.5. The predicted molar refractivity (Wildman–Crippen MR) is 112 cm³/mol. The largest absolute Gasteiger partial charge is 0.452 e. The predicted octanol–water partition coefficient (Wildman–Crippen LogP) is 4.37. The van der Waals surface area contributed by atoms with Crippen molar-refractivity contribution < 1.29 is 23.1 Å². The molecule has 0 aliphatic carbocycles. The Kier molecular flexibility index (Phi) is 7.15. The lowest BCUT2D eigenvalue weighted by Crippen LogP contribution is -2.20. The van der Waals surface area contributed by atoms with E-state index in [1.165, 1.54) is 12.1 Å². The van der Waals surface area contributed by atoms with E-state index < -0.39 is 30.1 Å². The molecule has 0 aliphatic heterocycles. The molecule has 0 spiro atoms. The van der Waals surface area contributed by atoms with Crippen molar-refractivity contribution in [2.24, 2.45) is 0 Å². The van der Waals surface area contributed by atoms with Gasteiger partial charge in [-0.3, -0.25) is 4.79 Å². The summed E-state index contributed by atoms with van der Waals surface area (Å²) in [5, 5.41) is 7.04. The van der Waals surface area contributed by atoms with E-state index >= 15 is 0 Å². The van der Waals surface area contributed by atoms with E-state index in [0.29, 0.717) is 23.0 Å². The molecule has 0 bridgehead atoms. The number of rotatable bonds is 7. The summed E-state index contributed by atoms with van der Waals surface area (Å²) in [6, 6.07) is 12.5. The highest BCUT2D eigenvalue weighted by Crippen LogP contribution is 2.22. The first-order valence-electron chi connectivity index (χ1n) is 9.20. The van der Waals surface area contributed by atoms with E-state index in [1.807, 2.05) is 30.3 Å². The van der Waals surface area contributed by atoms with Crippen LogP contribution in [0.25, 0.3) is 6.08 Å². The molecule has 0 aliphatic rings. The zero-order chi connectivity index (χ0) is 22.4. The first kappa shape index (κ1) is 22.2. The van der Waals surface area contributed by atoms with Gasteiger partial charge in [0.15, 0.2) is 18.2 Å². The number of amides is 1. The van der Waals surface area contributed by atoms with E-state index in [9.17, 15) is 18.4 Å². The third-order valence-electron chi connectivity index (χ3n) is 4.22. The molecule has 160 valence electrons. The highest BCUT2D eigenvalue weighted by Gasteiger charge is 2.13. The Balaban J connectivity index is 1.56. The van der Waals surface area contributed by atoms with Gasteiger partial charge in [0.1, 0.15) is 5.15 Å². The lowest BCUT2D eigenvalue weighted by molar-refractivity contribution is -0.142. The van der Waals surface area contributed by atoms with Crippen molar-refractivity contribution in [1.29, 1.82) is 0 Å². The number of halogens is 3. The van der Waals surface area contributed by atoms with E-state index in [1.54, 1.807) is 11.6 Å². The fourth-order valence-corrected chi connectivity index (χ4v) is 3.02. The average molecular weight is 446 g/mol. The molecular formula is C22H18ClF2N3O3. The Labute approximate surface area is 182 Å². The lowest BCUT2D eigenvalue weighted by atomic mass is 10.2. The van der Waals surface area contributed by atoms with Gasteiger partial charge in [-0.2, -0.15) is 5.10 Å². The van der Waals surface area contributed by atoms with Crippen LogP contribution in [0.5, 0.6) is 0 Å². The third-order valence-corrected chi connectivity index (χ3v) is 4.62. The SMILES string of the molecule is Cc1nn(Cc2ccccc2)c(Cl)c1/C=C/C(=O)OCC(=O)Nc1ccc(F)c(F)c1. The van der Waals surface area contributed by atoms with Crippen molar-refractivity contribution >= 4 is 35.2 Å². The van der Waals surface area contributed by atoms with Crippen molar-refractivity contribution in [2.45, 2.75) is 13.5 Å². The topological polar surface area (TPSA) is 73.2 Å². The summed E-state index contributed by atoms with van der Waals surface area (Å²) in [5.74, 6) is -3.60. The summed E-state index contributed by atoms with van der Waals surface area (Å²) in [7, 11) is 0. The van der Waals surface area contributed by atoms with E-state index in [4.69, 9.17) is 16.3 Å². The van der Waals surface area contributed by atoms with Crippen LogP contribution in [0.15, 0.2) is 54.6 Å². The van der Waals surface area contributed by atoms with Crippen molar-refractivity contribution in [1.82, 2.24) is 9.78 Å². The molecule has 1 heterocycles. The van der Waals surface area contributed by atoms with Crippen LogP contribution in [0.3, 0.4) is 0 Å². The second-order valence-electron chi connectivity index (χ2n) is 6.55. The second-order valence-corrected chi connectivity index (χ2v) is 6.91. The Bertz CT molecular complexity index is 1130. The molecule has 1 aromatic heterocycles. The van der Waals surface area contributed by atoms with Gasteiger partial charge < -0.3 is 10.1 Å².